The number of aromatic nitrogens is 3. The molecular formula is C13H10BrN3. The molecule has 0 amide bonds. The maximum absolute atomic E-state index is 4.57. The SMILES string of the molecule is Cc1ncccc1-c1nc2ccc(Br)cc2[nH]1. The zero-order chi connectivity index (χ0) is 11.8. The first-order valence-corrected chi connectivity index (χ1v) is 6.10. The van der Waals surface area contributed by atoms with E-state index in [1.807, 2.05) is 37.3 Å². The Bertz CT molecular complexity index is 688. The van der Waals surface area contributed by atoms with Crippen LogP contribution in [0.25, 0.3) is 22.4 Å². The summed E-state index contributed by atoms with van der Waals surface area (Å²) in [4.78, 5) is 12.2. The summed E-state index contributed by atoms with van der Waals surface area (Å²) in [5.41, 5.74) is 4.01. The number of imidazole rings is 1. The highest BCUT2D eigenvalue weighted by atomic mass is 79.9. The topological polar surface area (TPSA) is 41.6 Å². The van der Waals surface area contributed by atoms with Crippen LogP contribution in [0.2, 0.25) is 0 Å². The molecule has 3 nitrogen and oxygen atoms in total. The minimum absolute atomic E-state index is 0.865. The lowest BCUT2D eigenvalue weighted by atomic mass is 10.2. The van der Waals surface area contributed by atoms with Crippen molar-refractivity contribution in [3.05, 3.63) is 46.7 Å². The minimum atomic E-state index is 0.865. The van der Waals surface area contributed by atoms with Gasteiger partial charge in [0.25, 0.3) is 0 Å². The minimum Gasteiger partial charge on any atom is -0.338 e. The van der Waals surface area contributed by atoms with Gasteiger partial charge in [-0.1, -0.05) is 15.9 Å². The Morgan fingerprint density at radius 3 is 2.94 bits per heavy atom. The van der Waals surface area contributed by atoms with Gasteiger partial charge in [-0.2, -0.15) is 0 Å². The zero-order valence-electron chi connectivity index (χ0n) is 9.24. The molecule has 0 radical (unpaired) electrons. The molecular weight excluding hydrogens is 278 g/mol. The Hall–Kier alpha value is -1.68. The molecule has 4 heteroatoms. The molecule has 2 aromatic heterocycles. The van der Waals surface area contributed by atoms with E-state index < -0.39 is 0 Å². The number of rotatable bonds is 1. The molecule has 0 spiro atoms. The van der Waals surface area contributed by atoms with E-state index in [0.29, 0.717) is 0 Å². The Morgan fingerprint density at radius 2 is 2.12 bits per heavy atom. The lowest BCUT2D eigenvalue weighted by molar-refractivity contribution is 1.18. The molecule has 3 rings (SSSR count). The average molecular weight is 288 g/mol. The van der Waals surface area contributed by atoms with Crippen LogP contribution >= 0.6 is 15.9 Å². The second-order valence-corrected chi connectivity index (χ2v) is 4.80. The van der Waals surface area contributed by atoms with E-state index in [1.54, 1.807) is 6.20 Å². The Morgan fingerprint density at radius 1 is 1.24 bits per heavy atom. The summed E-state index contributed by atoms with van der Waals surface area (Å²) >= 11 is 3.45. The molecule has 0 aliphatic rings. The first-order valence-electron chi connectivity index (χ1n) is 5.31. The van der Waals surface area contributed by atoms with E-state index in [2.05, 4.69) is 30.9 Å². The maximum Gasteiger partial charge on any atom is 0.140 e. The fraction of sp³-hybridized carbons (Fsp3) is 0.0769. The number of hydrogen-bond acceptors (Lipinski definition) is 2. The van der Waals surface area contributed by atoms with Crippen molar-refractivity contribution in [3.8, 4) is 11.4 Å². The van der Waals surface area contributed by atoms with E-state index in [4.69, 9.17) is 0 Å². The molecule has 0 unspecified atom stereocenters. The number of aromatic amines is 1. The summed E-state index contributed by atoms with van der Waals surface area (Å²) in [5, 5.41) is 0. The number of nitrogens with zero attached hydrogens (tertiary/aromatic N) is 2. The van der Waals surface area contributed by atoms with Gasteiger partial charge in [0.1, 0.15) is 5.82 Å². The molecule has 0 aliphatic carbocycles. The van der Waals surface area contributed by atoms with E-state index in [0.717, 1.165) is 32.6 Å². The van der Waals surface area contributed by atoms with E-state index in [-0.39, 0.29) is 0 Å². The standard InChI is InChI=1S/C13H10BrN3/c1-8-10(3-2-6-15-8)13-16-11-5-4-9(14)7-12(11)17-13/h2-7H,1H3,(H,16,17). The fourth-order valence-corrected chi connectivity index (χ4v) is 2.21. The molecule has 0 saturated heterocycles. The summed E-state index contributed by atoms with van der Waals surface area (Å²) in [5.74, 6) is 0.865. The van der Waals surface area contributed by atoms with Gasteiger partial charge in [-0.3, -0.25) is 4.98 Å². The number of benzene rings is 1. The van der Waals surface area contributed by atoms with Crippen LogP contribution in [0.3, 0.4) is 0 Å². The van der Waals surface area contributed by atoms with Crippen LogP contribution in [0.5, 0.6) is 0 Å². The molecule has 0 atom stereocenters. The highest BCUT2D eigenvalue weighted by molar-refractivity contribution is 9.10. The van der Waals surface area contributed by atoms with Gasteiger partial charge in [0.15, 0.2) is 0 Å². The van der Waals surface area contributed by atoms with Crippen molar-refractivity contribution in [2.24, 2.45) is 0 Å². The molecule has 1 aromatic carbocycles. The van der Waals surface area contributed by atoms with Crippen LogP contribution in [0.15, 0.2) is 41.0 Å². The smallest absolute Gasteiger partial charge is 0.140 e. The van der Waals surface area contributed by atoms with Crippen molar-refractivity contribution >= 4 is 27.0 Å². The summed E-state index contributed by atoms with van der Waals surface area (Å²) in [6.07, 6.45) is 1.79. The van der Waals surface area contributed by atoms with Crippen molar-refractivity contribution in [2.45, 2.75) is 6.92 Å². The Kier molecular flexibility index (Phi) is 2.44. The first-order chi connectivity index (χ1) is 8.24. The molecule has 0 aliphatic heterocycles. The normalized spacial score (nSPS) is 10.9. The molecule has 84 valence electrons. The summed E-state index contributed by atoms with van der Waals surface area (Å²) in [6.45, 7) is 1.98. The Labute approximate surface area is 107 Å². The third-order valence-corrected chi connectivity index (χ3v) is 3.20. The van der Waals surface area contributed by atoms with Crippen molar-refractivity contribution in [3.63, 3.8) is 0 Å². The van der Waals surface area contributed by atoms with Gasteiger partial charge in [0.05, 0.1) is 11.0 Å². The number of H-pyrrole nitrogens is 1. The summed E-state index contributed by atoms with van der Waals surface area (Å²) < 4.78 is 1.04. The van der Waals surface area contributed by atoms with Gasteiger partial charge in [0.2, 0.25) is 0 Å². The average Bonchev–Trinajstić information content (AvgIpc) is 2.72. The van der Waals surface area contributed by atoms with Gasteiger partial charge >= 0.3 is 0 Å². The molecule has 0 bridgehead atoms. The van der Waals surface area contributed by atoms with Crippen molar-refractivity contribution in [1.82, 2.24) is 15.0 Å². The quantitative estimate of drug-likeness (QED) is 0.742. The predicted octanol–water partition coefficient (Wildman–Crippen LogP) is 3.70. The van der Waals surface area contributed by atoms with E-state index >= 15 is 0 Å². The largest absolute Gasteiger partial charge is 0.338 e. The van der Waals surface area contributed by atoms with Gasteiger partial charge in [-0.05, 0) is 37.3 Å². The fourth-order valence-electron chi connectivity index (χ4n) is 1.84. The van der Waals surface area contributed by atoms with Gasteiger partial charge in [0, 0.05) is 21.9 Å². The molecule has 0 saturated carbocycles. The first kappa shape index (κ1) is 10.5. The monoisotopic (exact) mass is 287 g/mol. The number of pyridine rings is 1. The highest BCUT2D eigenvalue weighted by Crippen LogP contribution is 2.24. The van der Waals surface area contributed by atoms with Crippen molar-refractivity contribution < 1.29 is 0 Å². The molecule has 1 N–H and O–H groups in total. The lowest BCUT2D eigenvalue weighted by Crippen LogP contribution is -1.87. The number of aryl methyl sites for hydroxylation is 1. The second-order valence-electron chi connectivity index (χ2n) is 3.88. The van der Waals surface area contributed by atoms with Gasteiger partial charge in [-0.15, -0.1) is 0 Å². The van der Waals surface area contributed by atoms with Crippen LogP contribution in [0.1, 0.15) is 5.69 Å². The molecule has 0 fully saturated rings. The van der Waals surface area contributed by atoms with Crippen LogP contribution in [-0.4, -0.2) is 15.0 Å². The van der Waals surface area contributed by atoms with Gasteiger partial charge < -0.3 is 4.98 Å². The highest BCUT2D eigenvalue weighted by Gasteiger charge is 2.07. The lowest BCUT2D eigenvalue weighted by Gasteiger charge is -1.99. The Balaban J connectivity index is 2.22. The van der Waals surface area contributed by atoms with Crippen LogP contribution in [0.4, 0.5) is 0 Å². The zero-order valence-corrected chi connectivity index (χ0v) is 10.8. The van der Waals surface area contributed by atoms with Crippen LogP contribution < -0.4 is 0 Å². The van der Waals surface area contributed by atoms with Crippen molar-refractivity contribution in [1.29, 1.82) is 0 Å². The molecule has 3 aromatic rings. The summed E-state index contributed by atoms with van der Waals surface area (Å²) in [7, 11) is 0. The number of nitrogens with one attached hydrogen (secondary N) is 1. The number of halogens is 1. The van der Waals surface area contributed by atoms with E-state index in [1.165, 1.54) is 0 Å². The predicted molar refractivity (Wildman–Crippen MR) is 71.8 cm³/mol. The third kappa shape index (κ3) is 1.85. The summed E-state index contributed by atoms with van der Waals surface area (Å²) in [6, 6.07) is 9.95. The van der Waals surface area contributed by atoms with Crippen LogP contribution in [0, 0.1) is 6.92 Å². The van der Waals surface area contributed by atoms with E-state index in [9.17, 15) is 0 Å². The van der Waals surface area contributed by atoms with Crippen molar-refractivity contribution in [2.75, 3.05) is 0 Å². The molecule has 17 heavy (non-hydrogen) atoms. The maximum atomic E-state index is 4.57. The molecule has 2 heterocycles. The third-order valence-electron chi connectivity index (χ3n) is 2.71. The number of fused-ring (bicyclic) bond motifs is 1. The number of hydrogen-bond donors (Lipinski definition) is 1. The van der Waals surface area contributed by atoms with Crippen LogP contribution in [-0.2, 0) is 0 Å². The van der Waals surface area contributed by atoms with Gasteiger partial charge in [-0.25, -0.2) is 4.98 Å². The second kappa shape index (κ2) is 3.96.